The smallest absolute Gasteiger partial charge is 0.198 e. The van der Waals surface area contributed by atoms with Crippen molar-refractivity contribution in [3.8, 4) is 0 Å². The van der Waals surface area contributed by atoms with E-state index in [9.17, 15) is 0 Å². The number of nitrogen functional groups attached to an aromatic ring is 1. The molecular weight excluding hydrogens is 166 g/mol. The van der Waals surface area contributed by atoms with Crippen molar-refractivity contribution in [2.45, 2.75) is 32.3 Å². The Morgan fingerprint density at radius 3 is 3.15 bits per heavy atom. The second-order valence-corrected chi connectivity index (χ2v) is 3.34. The van der Waals surface area contributed by atoms with Crippen LogP contribution in [0.4, 0.5) is 5.95 Å². The highest BCUT2D eigenvalue weighted by atomic mass is 16.5. The van der Waals surface area contributed by atoms with Gasteiger partial charge in [0.05, 0.1) is 5.69 Å². The lowest BCUT2D eigenvalue weighted by Gasteiger charge is -2.07. The number of aryl methyl sites for hydroxylation is 1. The van der Waals surface area contributed by atoms with Crippen LogP contribution in [0.25, 0.3) is 0 Å². The predicted octanol–water partition coefficient (Wildman–Crippen LogP) is 1.41. The lowest BCUT2D eigenvalue weighted by Crippen LogP contribution is -2.00. The van der Waals surface area contributed by atoms with Crippen LogP contribution in [-0.2, 0) is 11.2 Å². The average Bonchev–Trinajstić information content (AvgIpc) is 2.71. The van der Waals surface area contributed by atoms with E-state index in [2.05, 4.69) is 16.9 Å². The van der Waals surface area contributed by atoms with Gasteiger partial charge in [-0.2, -0.15) is 0 Å². The number of nitrogens with one attached hydrogen (secondary N) is 1. The molecule has 0 bridgehead atoms. The number of hydrogen-bond acceptors (Lipinski definition) is 3. The number of aromatic nitrogens is 2. The van der Waals surface area contributed by atoms with E-state index in [0.717, 1.165) is 37.3 Å². The molecule has 0 aromatic carbocycles. The fraction of sp³-hybridized carbons (Fsp3) is 0.667. The molecule has 0 amide bonds. The molecule has 1 aromatic heterocycles. The van der Waals surface area contributed by atoms with Crippen LogP contribution < -0.4 is 5.73 Å². The largest absolute Gasteiger partial charge is 0.372 e. The second kappa shape index (κ2) is 3.38. The molecule has 1 fully saturated rings. The number of rotatable bonds is 2. The van der Waals surface area contributed by atoms with Gasteiger partial charge in [-0.1, -0.05) is 6.92 Å². The summed E-state index contributed by atoms with van der Waals surface area (Å²) in [4.78, 5) is 7.32. The van der Waals surface area contributed by atoms with Crippen LogP contribution in [0.1, 0.15) is 37.3 Å². The maximum absolute atomic E-state index is 5.60. The summed E-state index contributed by atoms with van der Waals surface area (Å²) in [6, 6.07) is 0. The molecule has 1 aliphatic heterocycles. The first-order chi connectivity index (χ1) is 6.31. The van der Waals surface area contributed by atoms with Crippen LogP contribution in [0.3, 0.4) is 0 Å². The minimum Gasteiger partial charge on any atom is -0.372 e. The maximum Gasteiger partial charge on any atom is 0.198 e. The molecule has 0 spiro atoms. The van der Waals surface area contributed by atoms with Gasteiger partial charge in [0, 0.05) is 12.3 Å². The average molecular weight is 181 g/mol. The van der Waals surface area contributed by atoms with E-state index in [1.165, 1.54) is 0 Å². The van der Waals surface area contributed by atoms with E-state index < -0.39 is 0 Å². The highest BCUT2D eigenvalue weighted by molar-refractivity contribution is 5.28. The Morgan fingerprint density at radius 2 is 2.54 bits per heavy atom. The standard InChI is InChI=1S/C9H15N3O/c1-2-6-8(12-9(10)11-6)7-4-3-5-13-7/h7H,2-5H2,1H3,(H3,10,11,12). The molecule has 1 saturated heterocycles. The van der Waals surface area contributed by atoms with Gasteiger partial charge in [0.15, 0.2) is 5.95 Å². The highest BCUT2D eigenvalue weighted by Crippen LogP contribution is 2.29. The lowest BCUT2D eigenvalue weighted by molar-refractivity contribution is 0.108. The van der Waals surface area contributed by atoms with Crippen molar-refractivity contribution in [2.75, 3.05) is 12.3 Å². The van der Waals surface area contributed by atoms with Gasteiger partial charge in [0.1, 0.15) is 6.10 Å². The summed E-state index contributed by atoms with van der Waals surface area (Å²) in [5.74, 6) is 0.502. The number of ether oxygens (including phenoxy) is 1. The first-order valence-electron chi connectivity index (χ1n) is 4.77. The van der Waals surface area contributed by atoms with Gasteiger partial charge in [0.25, 0.3) is 0 Å². The Labute approximate surface area is 77.5 Å². The second-order valence-electron chi connectivity index (χ2n) is 3.34. The van der Waals surface area contributed by atoms with Crippen molar-refractivity contribution in [1.29, 1.82) is 0 Å². The molecule has 13 heavy (non-hydrogen) atoms. The van der Waals surface area contributed by atoms with Crippen LogP contribution >= 0.6 is 0 Å². The van der Waals surface area contributed by atoms with Crippen LogP contribution in [0.5, 0.6) is 0 Å². The van der Waals surface area contributed by atoms with Gasteiger partial charge < -0.3 is 15.5 Å². The van der Waals surface area contributed by atoms with Gasteiger partial charge in [-0.3, -0.25) is 0 Å². The van der Waals surface area contributed by atoms with Crippen molar-refractivity contribution in [1.82, 2.24) is 9.97 Å². The van der Waals surface area contributed by atoms with Crippen LogP contribution in [0.2, 0.25) is 0 Å². The minimum atomic E-state index is 0.170. The van der Waals surface area contributed by atoms with E-state index >= 15 is 0 Å². The van der Waals surface area contributed by atoms with Crippen molar-refractivity contribution in [2.24, 2.45) is 0 Å². The zero-order valence-corrected chi connectivity index (χ0v) is 7.84. The Balaban J connectivity index is 2.26. The fourth-order valence-electron chi connectivity index (χ4n) is 1.77. The zero-order valence-electron chi connectivity index (χ0n) is 7.84. The molecular formula is C9H15N3O. The summed E-state index contributed by atoms with van der Waals surface area (Å²) in [6.45, 7) is 2.94. The summed E-state index contributed by atoms with van der Waals surface area (Å²) in [5.41, 5.74) is 7.73. The quantitative estimate of drug-likeness (QED) is 0.725. The third kappa shape index (κ3) is 1.54. The fourth-order valence-corrected chi connectivity index (χ4v) is 1.77. The Morgan fingerprint density at radius 1 is 1.69 bits per heavy atom. The van der Waals surface area contributed by atoms with Crippen LogP contribution in [0.15, 0.2) is 0 Å². The molecule has 1 aromatic rings. The molecule has 1 unspecified atom stereocenters. The summed E-state index contributed by atoms with van der Waals surface area (Å²) >= 11 is 0. The normalized spacial score (nSPS) is 22.4. The molecule has 0 radical (unpaired) electrons. The minimum absolute atomic E-state index is 0.170. The van der Waals surface area contributed by atoms with Crippen molar-refractivity contribution in [3.05, 3.63) is 11.4 Å². The molecule has 4 heteroatoms. The summed E-state index contributed by atoms with van der Waals surface area (Å²) < 4.78 is 5.56. The van der Waals surface area contributed by atoms with Gasteiger partial charge >= 0.3 is 0 Å². The SMILES string of the molecule is CCc1[nH]c(N)nc1C1CCCO1. The molecule has 3 N–H and O–H groups in total. The number of aromatic amines is 1. The van der Waals surface area contributed by atoms with E-state index in [4.69, 9.17) is 10.5 Å². The van der Waals surface area contributed by atoms with E-state index in [1.54, 1.807) is 0 Å². The number of imidazole rings is 1. The first kappa shape index (κ1) is 8.56. The summed E-state index contributed by atoms with van der Waals surface area (Å²) in [5, 5.41) is 0. The van der Waals surface area contributed by atoms with E-state index in [-0.39, 0.29) is 6.10 Å². The number of hydrogen-bond donors (Lipinski definition) is 2. The topological polar surface area (TPSA) is 63.9 Å². The number of H-pyrrole nitrogens is 1. The Hall–Kier alpha value is -1.03. The molecule has 1 atom stereocenters. The Bertz CT molecular complexity index is 289. The highest BCUT2D eigenvalue weighted by Gasteiger charge is 2.23. The van der Waals surface area contributed by atoms with Crippen LogP contribution in [-0.4, -0.2) is 16.6 Å². The van der Waals surface area contributed by atoms with E-state index in [1.807, 2.05) is 0 Å². The first-order valence-corrected chi connectivity index (χ1v) is 4.77. The van der Waals surface area contributed by atoms with Gasteiger partial charge in [-0.15, -0.1) is 0 Å². The molecule has 1 aliphatic rings. The van der Waals surface area contributed by atoms with E-state index in [0.29, 0.717) is 5.95 Å². The third-order valence-corrected chi connectivity index (χ3v) is 2.42. The molecule has 2 heterocycles. The van der Waals surface area contributed by atoms with Crippen LogP contribution in [0, 0.1) is 0 Å². The zero-order chi connectivity index (χ0) is 9.26. The molecule has 0 aliphatic carbocycles. The Kier molecular flexibility index (Phi) is 2.22. The number of anilines is 1. The monoisotopic (exact) mass is 181 g/mol. The van der Waals surface area contributed by atoms with Gasteiger partial charge in [-0.25, -0.2) is 4.98 Å². The van der Waals surface area contributed by atoms with Gasteiger partial charge in [0.2, 0.25) is 0 Å². The predicted molar refractivity (Wildman–Crippen MR) is 50.3 cm³/mol. The van der Waals surface area contributed by atoms with Crippen molar-refractivity contribution in [3.63, 3.8) is 0 Å². The molecule has 0 saturated carbocycles. The summed E-state index contributed by atoms with van der Waals surface area (Å²) in [7, 11) is 0. The molecule has 72 valence electrons. The number of nitrogens with zero attached hydrogens (tertiary/aromatic N) is 1. The van der Waals surface area contributed by atoms with Crippen molar-refractivity contribution >= 4 is 5.95 Å². The lowest BCUT2D eigenvalue weighted by atomic mass is 10.1. The third-order valence-electron chi connectivity index (χ3n) is 2.42. The van der Waals surface area contributed by atoms with Crippen molar-refractivity contribution < 1.29 is 4.74 Å². The number of nitrogens with two attached hydrogens (primary N) is 1. The molecule has 2 rings (SSSR count). The summed E-state index contributed by atoms with van der Waals surface area (Å²) in [6.07, 6.45) is 3.29. The maximum atomic E-state index is 5.60. The molecule has 4 nitrogen and oxygen atoms in total. The van der Waals surface area contributed by atoms with Gasteiger partial charge in [-0.05, 0) is 19.3 Å².